The molecule has 1 aromatic carbocycles. The third-order valence-corrected chi connectivity index (χ3v) is 3.93. The van der Waals surface area contributed by atoms with Crippen molar-refractivity contribution < 1.29 is 9.59 Å². The molecule has 0 radical (unpaired) electrons. The Kier molecular flexibility index (Phi) is 6.40. The molecule has 1 aliphatic heterocycles. The van der Waals surface area contributed by atoms with Gasteiger partial charge in [-0.2, -0.15) is 0 Å². The molecule has 2 amide bonds. The molecule has 2 atom stereocenters. The number of halogens is 1. The summed E-state index contributed by atoms with van der Waals surface area (Å²) in [6.07, 6.45) is 1.66. The monoisotopic (exact) mass is 336 g/mol. The second-order valence-corrected chi connectivity index (χ2v) is 5.73. The number of hydrogen-bond acceptors (Lipinski definition) is 3. The van der Waals surface area contributed by atoms with Crippen molar-refractivity contribution in [2.45, 2.75) is 31.3 Å². The van der Waals surface area contributed by atoms with Gasteiger partial charge in [0, 0.05) is 13.0 Å². The smallest absolute Gasteiger partial charge is 0.243 e. The van der Waals surface area contributed by atoms with E-state index in [-0.39, 0.29) is 17.7 Å². The number of nitrogens with two attached hydrogens (primary N) is 1. The number of benzene rings is 1. The molecule has 0 bridgehead atoms. The Morgan fingerprint density at radius 2 is 1.78 bits per heavy atom. The van der Waals surface area contributed by atoms with Crippen molar-refractivity contribution in [2.24, 2.45) is 10.7 Å². The van der Waals surface area contributed by atoms with E-state index < -0.39 is 12.1 Å². The molecule has 1 fully saturated rings. The summed E-state index contributed by atoms with van der Waals surface area (Å²) in [7, 11) is 0. The lowest BCUT2D eigenvalue weighted by molar-refractivity contribution is -0.136. The molecular formula is C16H21ClN4O2. The van der Waals surface area contributed by atoms with Gasteiger partial charge in [0.25, 0.3) is 0 Å². The zero-order chi connectivity index (χ0) is 16.7. The number of aliphatic imine (C=N–C) groups is 1. The van der Waals surface area contributed by atoms with Gasteiger partial charge in [-0.25, -0.2) is 0 Å². The largest absolute Gasteiger partial charge is 0.386 e. The summed E-state index contributed by atoms with van der Waals surface area (Å²) < 4.78 is 0. The number of nitrogens with zero attached hydrogens (tertiary/aromatic N) is 1. The first-order valence-corrected chi connectivity index (χ1v) is 8.13. The summed E-state index contributed by atoms with van der Waals surface area (Å²) in [4.78, 5) is 28.3. The molecule has 0 aromatic heterocycles. The van der Waals surface area contributed by atoms with Gasteiger partial charge in [-0.15, -0.1) is 11.6 Å². The molecule has 1 aromatic rings. The van der Waals surface area contributed by atoms with Gasteiger partial charge in [0.2, 0.25) is 11.8 Å². The Hall–Kier alpha value is -2.08. The van der Waals surface area contributed by atoms with E-state index in [9.17, 15) is 9.59 Å². The van der Waals surface area contributed by atoms with E-state index in [0.29, 0.717) is 31.6 Å². The van der Waals surface area contributed by atoms with Crippen LogP contribution in [0.15, 0.2) is 35.3 Å². The average Bonchev–Trinajstić information content (AvgIpc) is 2.56. The summed E-state index contributed by atoms with van der Waals surface area (Å²) in [5.74, 6) is 0.274. The molecule has 7 heteroatoms. The third-order valence-electron chi connectivity index (χ3n) is 3.65. The van der Waals surface area contributed by atoms with Crippen LogP contribution in [0, 0.1) is 0 Å². The van der Waals surface area contributed by atoms with Crippen molar-refractivity contribution >= 4 is 29.3 Å². The fraction of sp³-hybridized carbons (Fsp3) is 0.438. The summed E-state index contributed by atoms with van der Waals surface area (Å²) in [6, 6.07) is 8.57. The van der Waals surface area contributed by atoms with Crippen molar-refractivity contribution in [1.82, 2.24) is 10.6 Å². The molecule has 0 unspecified atom stereocenters. The highest BCUT2D eigenvalue weighted by Crippen LogP contribution is 2.09. The number of carbonyl (C=O) groups excluding carboxylic acids is 2. The first-order chi connectivity index (χ1) is 11.1. The predicted octanol–water partition coefficient (Wildman–Crippen LogP) is 0.588. The maximum absolute atomic E-state index is 12.2. The number of amidine groups is 1. The predicted molar refractivity (Wildman–Crippen MR) is 90.5 cm³/mol. The van der Waals surface area contributed by atoms with Crippen molar-refractivity contribution in [3.8, 4) is 0 Å². The zero-order valence-corrected chi connectivity index (χ0v) is 13.6. The highest BCUT2D eigenvalue weighted by atomic mass is 35.5. The van der Waals surface area contributed by atoms with Crippen molar-refractivity contribution in [3.05, 3.63) is 35.9 Å². The van der Waals surface area contributed by atoms with Crippen LogP contribution >= 0.6 is 11.6 Å². The molecule has 23 heavy (non-hydrogen) atoms. The van der Waals surface area contributed by atoms with Crippen LogP contribution in [0.3, 0.4) is 0 Å². The highest BCUT2D eigenvalue weighted by molar-refractivity contribution is 6.27. The SMILES string of the molecule is NC(CCl)=NCCC[C@@H]1NC(=O)[C@@H](Cc2ccccc2)NC1=O. The van der Waals surface area contributed by atoms with E-state index in [1.807, 2.05) is 30.3 Å². The van der Waals surface area contributed by atoms with Crippen molar-refractivity contribution in [1.29, 1.82) is 0 Å². The Labute approximate surface area is 140 Å². The van der Waals surface area contributed by atoms with Gasteiger partial charge in [-0.1, -0.05) is 30.3 Å². The quantitative estimate of drug-likeness (QED) is 0.294. The van der Waals surface area contributed by atoms with Crippen LogP contribution in [0.2, 0.25) is 0 Å². The topological polar surface area (TPSA) is 96.6 Å². The number of piperazine rings is 1. The molecule has 1 heterocycles. The molecule has 0 spiro atoms. The number of hydrogen-bond donors (Lipinski definition) is 3. The van der Waals surface area contributed by atoms with E-state index in [1.54, 1.807) is 0 Å². The van der Waals surface area contributed by atoms with Gasteiger partial charge in [0.1, 0.15) is 17.9 Å². The van der Waals surface area contributed by atoms with Gasteiger partial charge < -0.3 is 16.4 Å². The van der Waals surface area contributed by atoms with Gasteiger partial charge >= 0.3 is 0 Å². The van der Waals surface area contributed by atoms with Crippen LogP contribution in [0.4, 0.5) is 0 Å². The number of nitrogens with one attached hydrogen (secondary N) is 2. The van der Waals surface area contributed by atoms with Crippen LogP contribution in [0.5, 0.6) is 0 Å². The standard InChI is InChI=1S/C16H21ClN4O2/c17-10-14(18)19-8-4-7-12-15(22)21-13(16(23)20-12)9-11-5-2-1-3-6-11/h1-3,5-6,12-13H,4,7-10H2,(H2,18,19)(H,20,23)(H,21,22)/t12-,13+/m0/s1. The lowest BCUT2D eigenvalue weighted by Gasteiger charge is -2.29. The van der Waals surface area contributed by atoms with E-state index in [4.69, 9.17) is 17.3 Å². The van der Waals surface area contributed by atoms with Gasteiger partial charge in [0.05, 0.1) is 5.88 Å². The van der Waals surface area contributed by atoms with Crippen LogP contribution in [0.1, 0.15) is 18.4 Å². The van der Waals surface area contributed by atoms with E-state index >= 15 is 0 Å². The van der Waals surface area contributed by atoms with Crippen LogP contribution in [0.25, 0.3) is 0 Å². The van der Waals surface area contributed by atoms with Crippen molar-refractivity contribution in [3.63, 3.8) is 0 Å². The number of carbonyl (C=O) groups is 2. The van der Waals surface area contributed by atoms with Gasteiger partial charge in [-0.05, 0) is 18.4 Å². The first-order valence-electron chi connectivity index (χ1n) is 7.59. The zero-order valence-electron chi connectivity index (χ0n) is 12.8. The van der Waals surface area contributed by atoms with E-state index in [1.165, 1.54) is 0 Å². The van der Waals surface area contributed by atoms with E-state index in [0.717, 1.165) is 5.56 Å². The lowest BCUT2D eigenvalue weighted by Crippen LogP contribution is -2.62. The molecule has 2 rings (SSSR count). The Bertz CT molecular complexity index is 577. The normalized spacial score (nSPS) is 21.7. The summed E-state index contributed by atoms with van der Waals surface area (Å²) in [6.45, 7) is 0.492. The minimum absolute atomic E-state index is 0.151. The maximum Gasteiger partial charge on any atom is 0.243 e. The molecular weight excluding hydrogens is 316 g/mol. The minimum Gasteiger partial charge on any atom is -0.386 e. The molecule has 0 saturated carbocycles. The molecule has 124 valence electrons. The van der Waals surface area contributed by atoms with Crippen molar-refractivity contribution in [2.75, 3.05) is 12.4 Å². The summed E-state index contributed by atoms with van der Waals surface area (Å²) in [5.41, 5.74) is 6.51. The molecule has 4 N–H and O–H groups in total. The summed E-state index contributed by atoms with van der Waals surface area (Å²) in [5, 5.41) is 5.57. The molecule has 1 aliphatic rings. The Balaban J connectivity index is 1.82. The van der Waals surface area contributed by atoms with Crippen LogP contribution < -0.4 is 16.4 Å². The molecule has 0 aliphatic carbocycles. The lowest BCUT2D eigenvalue weighted by atomic mass is 10.0. The second kappa shape index (κ2) is 8.53. The Morgan fingerprint density at radius 3 is 2.48 bits per heavy atom. The third kappa shape index (κ3) is 5.25. The van der Waals surface area contributed by atoms with Gasteiger partial charge in [-0.3, -0.25) is 14.6 Å². The summed E-state index contributed by atoms with van der Waals surface area (Å²) >= 11 is 5.53. The van der Waals surface area contributed by atoms with E-state index in [2.05, 4.69) is 15.6 Å². The van der Waals surface area contributed by atoms with Gasteiger partial charge in [0.15, 0.2) is 0 Å². The second-order valence-electron chi connectivity index (χ2n) is 5.46. The fourth-order valence-corrected chi connectivity index (χ4v) is 2.52. The number of alkyl halides is 1. The molecule has 1 saturated heterocycles. The maximum atomic E-state index is 12.2. The van der Waals surface area contributed by atoms with Crippen LogP contribution in [-0.4, -0.2) is 42.2 Å². The number of rotatable bonds is 7. The molecule has 6 nitrogen and oxygen atoms in total. The van der Waals surface area contributed by atoms with Crippen LogP contribution in [-0.2, 0) is 16.0 Å². The average molecular weight is 337 g/mol. The number of amides is 2. The fourth-order valence-electron chi connectivity index (χ4n) is 2.43. The Morgan fingerprint density at radius 1 is 1.13 bits per heavy atom. The first kappa shape index (κ1) is 17.3. The highest BCUT2D eigenvalue weighted by Gasteiger charge is 2.32. The minimum atomic E-state index is -0.522.